The van der Waals surface area contributed by atoms with Crippen molar-refractivity contribution in [3.05, 3.63) is 106 Å². The molecule has 0 amide bonds. The average Bonchev–Trinajstić information content (AvgIpc) is 3.56. The number of rotatable bonds is 7. The van der Waals surface area contributed by atoms with Crippen molar-refractivity contribution in [3.8, 4) is 34.4 Å². The summed E-state index contributed by atoms with van der Waals surface area (Å²) in [5.41, 5.74) is 4.92. The largest absolute Gasteiger partial charge is 0.347 e. The van der Waals surface area contributed by atoms with Crippen LogP contribution in [0, 0.1) is 11.8 Å². The normalized spacial score (nSPS) is 10.7. The molecular formula is C28H25N7O. The van der Waals surface area contributed by atoms with E-state index in [1.54, 1.807) is 4.57 Å². The van der Waals surface area contributed by atoms with Crippen LogP contribution in [0.5, 0.6) is 0 Å². The Hall–Kier alpha value is -4.77. The first-order valence-electron chi connectivity index (χ1n) is 11.9. The minimum Gasteiger partial charge on any atom is -0.264 e. The van der Waals surface area contributed by atoms with Crippen LogP contribution < -0.4 is 5.69 Å². The van der Waals surface area contributed by atoms with Gasteiger partial charge < -0.3 is 0 Å². The first kappa shape index (κ1) is 23.0. The van der Waals surface area contributed by atoms with E-state index in [2.05, 4.69) is 49.7 Å². The Labute approximate surface area is 208 Å². The molecule has 0 saturated heterocycles. The molecule has 36 heavy (non-hydrogen) atoms. The van der Waals surface area contributed by atoms with Gasteiger partial charge in [-0.15, -0.1) is 15.3 Å². The van der Waals surface area contributed by atoms with Crippen LogP contribution in [0.15, 0.2) is 83.7 Å². The second-order valence-electron chi connectivity index (χ2n) is 8.28. The Kier molecular flexibility index (Phi) is 6.81. The van der Waals surface area contributed by atoms with Crippen LogP contribution in [0.4, 0.5) is 0 Å². The highest BCUT2D eigenvalue weighted by molar-refractivity contribution is 5.80. The molecule has 0 saturated carbocycles. The maximum Gasteiger partial charge on any atom is 0.347 e. The summed E-state index contributed by atoms with van der Waals surface area (Å²) in [5.74, 6) is 7.14. The van der Waals surface area contributed by atoms with E-state index in [4.69, 9.17) is 0 Å². The number of benzene rings is 3. The van der Waals surface area contributed by atoms with Crippen molar-refractivity contribution in [2.75, 3.05) is 0 Å². The zero-order valence-electron chi connectivity index (χ0n) is 19.9. The smallest absolute Gasteiger partial charge is 0.264 e. The Morgan fingerprint density at radius 1 is 0.889 bits per heavy atom. The molecule has 0 fully saturated rings. The number of aromatic amines is 1. The third kappa shape index (κ3) is 5.00. The Morgan fingerprint density at radius 2 is 1.64 bits per heavy atom. The van der Waals surface area contributed by atoms with Crippen LogP contribution in [0.1, 0.15) is 30.3 Å². The SMILES string of the molecule is CCC#Cc1nn(CCc2ccccc2)c(=O)n1Cc1ccc(-c2ccccc2-c2nn[nH]n2)cc1. The molecule has 2 aromatic heterocycles. The topological polar surface area (TPSA) is 94.3 Å². The summed E-state index contributed by atoms with van der Waals surface area (Å²) in [6, 6.07) is 26.1. The summed E-state index contributed by atoms with van der Waals surface area (Å²) in [4.78, 5) is 13.2. The fraction of sp³-hybridized carbons (Fsp3) is 0.179. The number of aryl methyl sites for hydroxylation is 2. The highest BCUT2D eigenvalue weighted by atomic mass is 16.2. The van der Waals surface area contributed by atoms with Crippen LogP contribution in [0.3, 0.4) is 0 Å². The van der Waals surface area contributed by atoms with Crippen LogP contribution >= 0.6 is 0 Å². The first-order valence-corrected chi connectivity index (χ1v) is 11.9. The van der Waals surface area contributed by atoms with Crippen molar-refractivity contribution in [2.24, 2.45) is 0 Å². The van der Waals surface area contributed by atoms with E-state index in [-0.39, 0.29) is 5.69 Å². The number of nitrogens with one attached hydrogen (secondary N) is 1. The molecule has 3 aromatic carbocycles. The zero-order chi connectivity index (χ0) is 24.7. The second kappa shape index (κ2) is 10.7. The van der Waals surface area contributed by atoms with Crippen molar-refractivity contribution in [2.45, 2.75) is 32.9 Å². The number of hydrogen-bond acceptors (Lipinski definition) is 5. The van der Waals surface area contributed by atoms with Crippen LogP contribution in [0.2, 0.25) is 0 Å². The predicted molar refractivity (Wildman–Crippen MR) is 138 cm³/mol. The van der Waals surface area contributed by atoms with Gasteiger partial charge in [-0.25, -0.2) is 9.48 Å². The quantitative estimate of drug-likeness (QED) is 0.360. The molecule has 5 aromatic rings. The third-order valence-electron chi connectivity index (χ3n) is 5.87. The third-order valence-corrected chi connectivity index (χ3v) is 5.87. The molecule has 2 heterocycles. The summed E-state index contributed by atoms with van der Waals surface area (Å²) in [7, 11) is 0. The lowest BCUT2D eigenvalue weighted by Gasteiger charge is -2.08. The molecule has 0 spiro atoms. The molecule has 1 N–H and O–H groups in total. The van der Waals surface area contributed by atoms with Gasteiger partial charge in [-0.05, 0) is 39.8 Å². The summed E-state index contributed by atoms with van der Waals surface area (Å²) < 4.78 is 3.16. The molecule has 0 aliphatic heterocycles. The predicted octanol–water partition coefficient (Wildman–Crippen LogP) is 3.94. The van der Waals surface area contributed by atoms with E-state index in [9.17, 15) is 4.79 Å². The van der Waals surface area contributed by atoms with Crippen molar-refractivity contribution in [1.29, 1.82) is 0 Å². The van der Waals surface area contributed by atoms with Crippen molar-refractivity contribution in [1.82, 2.24) is 35.0 Å². The molecule has 0 atom stereocenters. The lowest BCUT2D eigenvalue weighted by Crippen LogP contribution is -2.26. The van der Waals surface area contributed by atoms with E-state index >= 15 is 0 Å². The highest BCUT2D eigenvalue weighted by Crippen LogP contribution is 2.29. The van der Waals surface area contributed by atoms with Gasteiger partial charge in [-0.3, -0.25) is 4.57 Å². The molecule has 0 bridgehead atoms. The van der Waals surface area contributed by atoms with E-state index in [1.807, 2.05) is 73.7 Å². The molecular weight excluding hydrogens is 450 g/mol. The lowest BCUT2D eigenvalue weighted by atomic mass is 9.98. The van der Waals surface area contributed by atoms with E-state index in [1.165, 1.54) is 4.68 Å². The number of tetrazole rings is 1. The maximum absolute atomic E-state index is 13.2. The van der Waals surface area contributed by atoms with Crippen LogP contribution in [-0.4, -0.2) is 35.0 Å². The van der Waals surface area contributed by atoms with Gasteiger partial charge >= 0.3 is 5.69 Å². The number of aromatic nitrogens is 7. The van der Waals surface area contributed by atoms with Crippen LogP contribution in [-0.2, 0) is 19.5 Å². The molecule has 0 aliphatic carbocycles. The summed E-state index contributed by atoms with van der Waals surface area (Å²) >= 11 is 0. The number of hydrogen-bond donors (Lipinski definition) is 1. The number of H-pyrrole nitrogens is 1. The van der Waals surface area contributed by atoms with Gasteiger partial charge in [0.25, 0.3) is 0 Å². The number of nitrogens with zero attached hydrogens (tertiary/aromatic N) is 6. The van der Waals surface area contributed by atoms with Gasteiger partial charge in [-0.1, -0.05) is 91.7 Å². The van der Waals surface area contributed by atoms with Crippen molar-refractivity contribution >= 4 is 0 Å². The molecule has 0 radical (unpaired) electrons. The summed E-state index contributed by atoms with van der Waals surface area (Å²) in [6.45, 7) is 2.88. The molecule has 0 aliphatic rings. The summed E-state index contributed by atoms with van der Waals surface area (Å²) in [6.07, 6.45) is 1.42. The van der Waals surface area contributed by atoms with Gasteiger partial charge in [0, 0.05) is 12.0 Å². The maximum atomic E-state index is 13.2. The van der Waals surface area contributed by atoms with Gasteiger partial charge in [0.1, 0.15) is 0 Å². The van der Waals surface area contributed by atoms with E-state index < -0.39 is 0 Å². The van der Waals surface area contributed by atoms with Crippen molar-refractivity contribution in [3.63, 3.8) is 0 Å². The van der Waals surface area contributed by atoms with Gasteiger partial charge in [-0.2, -0.15) is 5.21 Å². The minimum atomic E-state index is -0.155. The van der Waals surface area contributed by atoms with Gasteiger partial charge in [0.05, 0.1) is 13.1 Å². The fourth-order valence-corrected chi connectivity index (χ4v) is 4.05. The monoisotopic (exact) mass is 475 g/mol. The van der Waals surface area contributed by atoms with E-state index in [0.717, 1.165) is 34.2 Å². The Balaban J connectivity index is 1.40. The molecule has 8 heteroatoms. The fourth-order valence-electron chi connectivity index (χ4n) is 4.05. The van der Waals surface area contributed by atoms with Gasteiger partial charge in [0.2, 0.25) is 11.6 Å². The van der Waals surface area contributed by atoms with Crippen molar-refractivity contribution < 1.29 is 0 Å². The van der Waals surface area contributed by atoms with Gasteiger partial charge in [0.15, 0.2) is 0 Å². The zero-order valence-corrected chi connectivity index (χ0v) is 19.9. The Morgan fingerprint density at radius 3 is 2.36 bits per heavy atom. The van der Waals surface area contributed by atoms with E-state index in [0.29, 0.717) is 31.2 Å². The van der Waals surface area contributed by atoms with Crippen LogP contribution in [0.25, 0.3) is 22.5 Å². The highest BCUT2D eigenvalue weighted by Gasteiger charge is 2.14. The minimum absolute atomic E-state index is 0.155. The Bertz CT molecular complexity index is 1550. The molecule has 178 valence electrons. The molecule has 5 rings (SSSR count). The first-order chi connectivity index (χ1) is 17.7. The lowest BCUT2D eigenvalue weighted by molar-refractivity contribution is 0.580. The second-order valence-corrected chi connectivity index (χ2v) is 8.28. The summed E-state index contributed by atoms with van der Waals surface area (Å²) in [5, 5.41) is 19.0. The molecule has 8 nitrogen and oxygen atoms in total. The molecule has 0 unspecified atom stereocenters. The average molecular weight is 476 g/mol. The standard InChI is InChI=1S/C28H25N7O/c1-2-3-13-26-31-35(19-18-21-9-5-4-6-10-21)28(36)34(26)20-22-14-16-23(17-15-22)24-11-7-8-12-25(24)27-29-32-33-30-27/h4-12,14-17H,2,18-20H2,1H3,(H,29,30,32,33).